The highest BCUT2D eigenvalue weighted by Gasteiger charge is 2.48. The van der Waals surface area contributed by atoms with Crippen molar-refractivity contribution in [3.63, 3.8) is 0 Å². The Balaban J connectivity index is 1.68. The summed E-state index contributed by atoms with van der Waals surface area (Å²) in [6, 6.07) is 2.90. The molecule has 184 valence electrons. The molecule has 34 heavy (non-hydrogen) atoms. The van der Waals surface area contributed by atoms with Gasteiger partial charge in [-0.2, -0.15) is 0 Å². The van der Waals surface area contributed by atoms with E-state index in [1.165, 1.54) is 12.1 Å². The summed E-state index contributed by atoms with van der Waals surface area (Å²) in [6.45, 7) is 3.61. The Kier molecular flexibility index (Phi) is 8.80. The van der Waals surface area contributed by atoms with Gasteiger partial charge >= 0.3 is 19.1 Å². The Bertz CT molecular complexity index is 938. The number of fused-ring (bicyclic) bond motifs is 2. The molecule has 2 N–H and O–H groups in total. The number of nitrogens with one attached hydrogen (secondary N) is 2. The number of likely N-dealkylation sites (N-methyl/N-ethyl adjacent to an activating group) is 1. The van der Waals surface area contributed by atoms with Crippen LogP contribution < -0.4 is 10.6 Å². The summed E-state index contributed by atoms with van der Waals surface area (Å²) >= 11 is 11.9. The van der Waals surface area contributed by atoms with Crippen LogP contribution >= 0.6 is 23.2 Å². The van der Waals surface area contributed by atoms with E-state index < -0.39 is 48.9 Å². The number of halogens is 2. The molecule has 0 radical (unpaired) electrons. The molecular formula is C21H26BCl2N3O7. The number of amides is 2. The fraction of sp³-hybridized carbons (Fsp3) is 0.524. The number of rotatable bonds is 7. The Morgan fingerprint density at radius 1 is 1.15 bits per heavy atom. The molecule has 2 amide bonds. The maximum Gasteiger partial charge on any atom is 0.622 e. The molecule has 0 spiro atoms. The molecule has 1 aromatic carbocycles. The van der Waals surface area contributed by atoms with E-state index in [4.69, 9.17) is 37.2 Å². The van der Waals surface area contributed by atoms with Gasteiger partial charge in [-0.05, 0) is 37.6 Å². The number of hydrogen-bond donors (Lipinski definition) is 2. The van der Waals surface area contributed by atoms with E-state index >= 15 is 0 Å². The molecule has 0 aromatic heterocycles. The minimum atomic E-state index is -1.32. The average molecular weight is 514 g/mol. The van der Waals surface area contributed by atoms with Crippen LogP contribution in [-0.4, -0.2) is 80.6 Å². The highest BCUT2D eigenvalue weighted by molar-refractivity contribution is 6.51. The number of carbonyl (C=O) groups excluding carboxylic acids is 4. The predicted octanol–water partition coefficient (Wildman–Crippen LogP) is 1.08. The standard InChI is InChI=1S/C21H26BCl2N3O7/c1-11(2)6-17(22-33-20(30)15-9-32-10-16(27(15)3)21(31)34-22)26-18(28)8-25-19(29)13-7-12(23)4-5-14(13)24/h4-5,7,11,15-17H,6,8-10H2,1-3H3,(H,25,29)(H,26,28)/t15-,16-,17?/m1/s1. The topological polar surface area (TPSA) is 123 Å². The fourth-order valence-corrected chi connectivity index (χ4v) is 4.09. The summed E-state index contributed by atoms with van der Waals surface area (Å²) < 4.78 is 16.3. The highest BCUT2D eigenvalue weighted by Crippen LogP contribution is 2.21. The van der Waals surface area contributed by atoms with Crippen molar-refractivity contribution >= 4 is 54.1 Å². The largest absolute Gasteiger partial charge is 0.622 e. The molecule has 3 rings (SSSR count). The van der Waals surface area contributed by atoms with Gasteiger partial charge in [0.1, 0.15) is 12.1 Å². The molecule has 2 fully saturated rings. The van der Waals surface area contributed by atoms with Crippen molar-refractivity contribution < 1.29 is 33.2 Å². The first-order chi connectivity index (χ1) is 16.1. The van der Waals surface area contributed by atoms with Crippen molar-refractivity contribution in [3.05, 3.63) is 33.8 Å². The van der Waals surface area contributed by atoms with Gasteiger partial charge in [0, 0.05) is 5.02 Å². The minimum Gasteiger partial charge on any atom is -0.497 e. The zero-order chi connectivity index (χ0) is 25.0. The lowest BCUT2D eigenvalue weighted by atomic mass is 9.73. The summed E-state index contributed by atoms with van der Waals surface area (Å²) in [4.78, 5) is 52.0. The first-order valence-corrected chi connectivity index (χ1v) is 11.6. The summed E-state index contributed by atoms with van der Waals surface area (Å²) in [5.41, 5.74) is 0.126. The Morgan fingerprint density at radius 3 is 2.35 bits per heavy atom. The van der Waals surface area contributed by atoms with Gasteiger partial charge in [-0.3, -0.25) is 24.1 Å². The van der Waals surface area contributed by atoms with Crippen molar-refractivity contribution in [1.82, 2.24) is 15.5 Å². The van der Waals surface area contributed by atoms with Gasteiger partial charge in [0.15, 0.2) is 0 Å². The van der Waals surface area contributed by atoms with Crippen molar-refractivity contribution in [2.24, 2.45) is 5.92 Å². The normalized spacial score (nSPS) is 21.8. The van der Waals surface area contributed by atoms with Crippen LogP contribution in [0.4, 0.5) is 0 Å². The van der Waals surface area contributed by atoms with Crippen LogP contribution in [0.5, 0.6) is 0 Å². The predicted molar refractivity (Wildman–Crippen MR) is 124 cm³/mol. The third-order valence-electron chi connectivity index (χ3n) is 5.53. The average Bonchev–Trinajstić information content (AvgIpc) is 2.77. The monoisotopic (exact) mass is 513 g/mol. The molecule has 2 saturated heterocycles. The van der Waals surface area contributed by atoms with Crippen LogP contribution in [0.1, 0.15) is 30.6 Å². The zero-order valence-corrected chi connectivity index (χ0v) is 20.5. The second-order valence-electron chi connectivity index (χ2n) is 8.59. The van der Waals surface area contributed by atoms with E-state index in [-0.39, 0.29) is 36.3 Å². The molecule has 2 bridgehead atoms. The van der Waals surface area contributed by atoms with Gasteiger partial charge in [0.05, 0.1) is 36.3 Å². The van der Waals surface area contributed by atoms with Crippen molar-refractivity contribution in [2.75, 3.05) is 26.8 Å². The second kappa shape index (κ2) is 11.4. The maximum atomic E-state index is 12.7. The van der Waals surface area contributed by atoms with Gasteiger partial charge < -0.3 is 24.7 Å². The molecule has 2 heterocycles. The van der Waals surface area contributed by atoms with E-state index in [9.17, 15) is 19.2 Å². The first-order valence-electron chi connectivity index (χ1n) is 10.8. The van der Waals surface area contributed by atoms with E-state index in [1.807, 2.05) is 13.8 Å². The number of morpholine rings is 1. The molecule has 2 aliphatic rings. The SMILES string of the molecule is CC(C)CC(NC(=O)CNC(=O)c1cc(Cl)ccc1Cl)B1OC(=O)[C@H]2COC[C@H](C(=O)O1)N2C. The lowest BCUT2D eigenvalue weighted by Gasteiger charge is -2.40. The van der Waals surface area contributed by atoms with Crippen molar-refractivity contribution in [2.45, 2.75) is 38.3 Å². The smallest absolute Gasteiger partial charge is 0.497 e. The van der Waals surface area contributed by atoms with Crippen LogP contribution in [0.2, 0.25) is 10.0 Å². The molecular weight excluding hydrogens is 488 g/mol. The van der Waals surface area contributed by atoms with E-state index in [0.29, 0.717) is 11.4 Å². The molecule has 3 atom stereocenters. The van der Waals surface area contributed by atoms with E-state index in [1.54, 1.807) is 18.0 Å². The molecule has 1 aromatic rings. The summed E-state index contributed by atoms with van der Waals surface area (Å²) in [5, 5.41) is 5.69. The van der Waals surface area contributed by atoms with Crippen LogP contribution in [-0.2, 0) is 28.4 Å². The lowest BCUT2D eigenvalue weighted by Crippen LogP contribution is -2.63. The van der Waals surface area contributed by atoms with Crippen LogP contribution in [0.3, 0.4) is 0 Å². The molecule has 0 aliphatic carbocycles. The third kappa shape index (κ3) is 6.41. The third-order valence-corrected chi connectivity index (χ3v) is 6.09. The number of benzene rings is 1. The zero-order valence-electron chi connectivity index (χ0n) is 19.0. The number of nitrogens with zero attached hydrogens (tertiary/aromatic N) is 1. The van der Waals surface area contributed by atoms with Gasteiger partial charge in [0.25, 0.3) is 5.91 Å². The summed E-state index contributed by atoms with van der Waals surface area (Å²) in [7, 11) is 0.310. The molecule has 10 nitrogen and oxygen atoms in total. The number of carbonyl (C=O) groups is 4. The molecule has 13 heteroatoms. The van der Waals surface area contributed by atoms with Crippen LogP contribution in [0.15, 0.2) is 18.2 Å². The molecule has 1 unspecified atom stereocenters. The second-order valence-corrected chi connectivity index (χ2v) is 9.43. The van der Waals surface area contributed by atoms with E-state index in [2.05, 4.69) is 10.6 Å². The summed E-state index contributed by atoms with van der Waals surface area (Å²) in [6.07, 6.45) is 0.354. The minimum absolute atomic E-state index is 0.0681. The first kappa shape index (κ1) is 26.3. The Morgan fingerprint density at radius 2 is 1.76 bits per heavy atom. The van der Waals surface area contributed by atoms with Crippen LogP contribution in [0.25, 0.3) is 0 Å². The van der Waals surface area contributed by atoms with Crippen LogP contribution in [0, 0.1) is 5.92 Å². The Hall–Kier alpha value is -2.34. The van der Waals surface area contributed by atoms with Gasteiger partial charge in [-0.25, -0.2) is 0 Å². The van der Waals surface area contributed by atoms with E-state index in [0.717, 1.165) is 0 Å². The quantitative estimate of drug-likeness (QED) is 0.519. The number of ether oxygens (including phenoxy) is 1. The fourth-order valence-electron chi connectivity index (χ4n) is 3.72. The molecule has 2 aliphatic heterocycles. The van der Waals surface area contributed by atoms with Crippen molar-refractivity contribution in [3.8, 4) is 0 Å². The van der Waals surface area contributed by atoms with Gasteiger partial charge in [-0.15, -0.1) is 0 Å². The Labute approximate surface area is 207 Å². The maximum absolute atomic E-state index is 12.7. The summed E-state index contributed by atoms with van der Waals surface area (Å²) in [5.74, 6) is -3.13. The molecule has 0 saturated carbocycles. The highest BCUT2D eigenvalue weighted by atomic mass is 35.5. The lowest BCUT2D eigenvalue weighted by molar-refractivity contribution is -0.166. The van der Waals surface area contributed by atoms with Gasteiger partial charge in [-0.1, -0.05) is 37.0 Å². The van der Waals surface area contributed by atoms with Gasteiger partial charge in [0.2, 0.25) is 5.91 Å². The number of hydrogen-bond acceptors (Lipinski definition) is 8. The van der Waals surface area contributed by atoms with Crippen molar-refractivity contribution in [1.29, 1.82) is 0 Å².